The molecule has 0 aromatic carbocycles. The van der Waals surface area contributed by atoms with Crippen molar-refractivity contribution >= 4 is 53.7 Å². The summed E-state index contributed by atoms with van der Waals surface area (Å²) in [4.78, 5) is 90.3. The Labute approximate surface area is 592 Å². The molecule has 27 nitrogen and oxygen atoms in total. The van der Waals surface area contributed by atoms with Gasteiger partial charge in [0.25, 0.3) is 0 Å². The minimum absolute atomic E-state index is 0.115. The minimum Gasteiger partial charge on any atom is -0.481 e. The van der Waals surface area contributed by atoms with Crippen LogP contribution in [0.2, 0.25) is 0 Å². The second-order valence-electron chi connectivity index (χ2n) is 24.8. The van der Waals surface area contributed by atoms with Crippen LogP contribution in [0, 0.1) is 0 Å². The monoisotopic (exact) mass is 1440 g/mol. The van der Waals surface area contributed by atoms with Gasteiger partial charge in [-0.3, -0.25) is 43.2 Å². The molecule has 9 unspecified atom stereocenters. The van der Waals surface area contributed by atoms with Gasteiger partial charge in [0.1, 0.15) is 0 Å². The molecular weight excluding hydrogens is 1300 g/mol. The van der Waals surface area contributed by atoms with Crippen molar-refractivity contribution in [1.29, 1.82) is 0 Å². The molecule has 0 saturated carbocycles. The first-order valence-corrected chi connectivity index (χ1v) is 36.5. The summed E-state index contributed by atoms with van der Waals surface area (Å²) in [6, 6.07) is 0. The van der Waals surface area contributed by atoms with Crippen LogP contribution in [-0.4, -0.2) is 201 Å². The average molecular weight is 1440 g/mol. The van der Waals surface area contributed by atoms with Gasteiger partial charge in [-0.05, 0) is 58.3 Å². The van der Waals surface area contributed by atoms with E-state index < -0.39 is 109 Å². The lowest BCUT2D eigenvalue weighted by Crippen LogP contribution is -2.12. The molecule has 594 valence electrons. The fourth-order valence-corrected chi connectivity index (χ4v) is 8.41. The van der Waals surface area contributed by atoms with E-state index in [-0.39, 0.29) is 57.8 Å². The van der Waals surface area contributed by atoms with Crippen molar-refractivity contribution in [3.05, 3.63) is 0 Å². The maximum absolute atomic E-state index is 10.3. The van der Waals surface area contributed by atoms with Crippen molar-refractivity contribution in [3.8, 4) is 0 Å². The van der Waals surface area contributed by atoms with E-state index in [4.69, 9.17) is 76.6 Å². The highest BCUT2D eigenvalue weighted by Gasteiger charge is 2.13. The second-order valence-corrected chi connectivity index (χ2v) is 24.8. The van der Waals surface area contributed by atoms with Crippen molar-refractivity contribution in [3.63, 3.8) is 0 Å². The van der Waals surface area contributed by atoms with Crippen molar-refractivity contribution in [1.82, 2.24) is 0 Å². The number of aliphatic carboxylic acids is 9. The van der Waals surface area contributed by atoms with Crippen molar-refractivity contribution < 1.29 is 135 Å². The molecule has 0 spiro atoms. The van der Waals surface area contributed by atoms with E-state index in [1.54, 1.807) is 6.92 Å². The molecule has 99 heavy (non-hydrogen) atoms. The molecule has 9 atom stereocenters. The third kappa shape index (κ3) is 137. The van der Waals surface area contributed by atoms with Crippen LogP contribution < -0.4 is 0 Å². The maximum Gasteiger partial charge on any atom is 0.305 e. The molecule has 27 heteroatoms. The highest BCUT2D eigenvalue weighted by Crippen LogP contribution is 2.14. The lowest BCUT2D eigenvalue weighted by Gasteiger charge is -2.06. The van der Waals surface area contributed by atoms with Gasteiger partial charge in [-0.25, -0.2) is 0 Å². The largest absolute Gasteiger partial charge is 0.481 e. The molecule has 0 radical (unpaired) electrons. The van der Waals surface area contributed by atoms with Crippen LogP contribution in [0.4, 0.5) is 0 Å². The van der Waals surface area contributed by atoms with Crippen LogP contribution in [0.5, 0.6) is 0 Å². The van der Waals surface area contributed by atoms with Gasteiger partial charge in [0.05, 0.1) is 113 Å². The summed E-state index contributed by atoms with van der Waals surface area (Å²) >= 11 is 0. The molecule has 0 bridgehead atoms. The molecule has 18 N–H and O–H groups in total. The maximum atomic E-state index is 10.3. The van der Waals surface area contributed by atoms with Crippen LogP contribution in [-0.2, 0) is 43.2 Å². The van der Waals surface area contributed by atoms with Gasteiger partial charge >= 0.3 is 53.7 Å². The van der Waals surface area contributed by atoms with Crippen LogP contribution in [0.3, 0.4) is 0 Å². The Morgan fingerprint density at radius 3 is 0.505 bits per heavy atom. The van der Waals surface area contributed by atoms with Gasteiger partial charge in [-0.2, -0.15) is 0 Å². The quantitative estimate of drug-likeness (QED) is 0.0252. The topological polar surface area (TPSA) is 518 Å². The van der Waals surface area contributed by atoms with E-state index in [9.17, 15) is 58.5 Å². The molecule has 0 saturated heterocycles. The molecule has 0 heterocycles. The number of hydrogen-bond donors (Lipinski definition) is 18. The normalized spacial score (nSPS) is 12.9. The Kier molecular flexibility index (Phi) is 101. The first kappa shape index (κ1) is 112. The molecule has 0 aromatic heterocycles. The SMILES string of the molecule is CC(O)CC(=O)O.CCC(O)CC(=O)O.CCCC(O)CC(=O)O.CCCCC(O)CC(=O)O.CCCCCC(O)CC(=O)O.CCCCCCC(O)CC(=O)O.CCCCCCCC(O)CC(=O)O.CCCCCCCCC(O)CC(=O)O.CCCCCCCCCC(O)CC(=O)O. The number of carbonyl (C=O) groups is 9. The second kappa shape index (κ2) is 89.0. The number of aliphatic hydroxyl groups is 9. The van der Waals surface area contributed by atoms with Gasteiger partial charge in [0, 0.05) is 0 Å². The number of hydrogen-bond acceptors (Lipinski definition) is 18. The Morgan fingerprint density at radius 2 is 0.343 bits per heavy atom. The number of carboxylic acid groups (broad SMARTS) is 9. The summed E-state index contributed by atoms with van der Waals surface area (Å²) in [6.07, 6.45) is 28.9. The highest BCUT2D eigenvalue weighted by atomic mass is 16.4. The Hall–Kier alpha value is -5.13. The van der Waals surface area contributed by atoms with Crippen LogP contribution in [0.1, 0.15) is 351 Å². The Morgan fingerprint density at radius 1 is 0.192 bits per heavy atom. The van der Waals surface area contributed by atoms with Crippen LogP contribution in [0.25, 0.3) is 0 Å². The van der Waals surface area contributed by atoms with E-state index in [2.05, 4.69) is 34.6 Å². The van der Waals surface area contributed by atoms with Gasteiger partial charge < -0.3 is 91.9 Å². The zero-order valence-electron chi connectivity index (χ0n) is 62.2. The molecule has 0 aliphatic carbocycles. The Bertz CT molecular complexity index is 1800. The van der Waals surface area contributed by atoms with E-state index >= 15 is 0 Å². The third-order valence-corrected chi connectivity index (χ3v) is 13.9. The van der Waals surface area contributed by atoms with Gasteiger partial charge in [-0.15, -0.1) is 0 Å². The fraction of sp³-hybridized carbons (Fsp3) is 0.875. The van der Waals surface area contributed by atoms with E-state index in [1.807, 2.05) is 13.8 Å². The summed E-state index contributed by atoms with van der Waals surface area (Å²) < 4.78 is 0. The zero-order chi connectivity index (χ0) is 78.2. The predicted octanol–water partition coefficient (Wildman–Crippen LogP) is 12.6. The Balaban J connectivity index is -0.000000133. The smallest absolute Gasteiger partial charge is 0.305 e. The lowest BCUT2D eigenvalue weighted by molar-refractivity contribution is -0.140. The highest BCUT2D eigenvalue weighted by molar-refractivity contribution is 5.69. The van der Waals surface area contributed by atoms with Gasteiger partial charge in [0.15, 0.2) is 0 Å². The van der Waals surface area contributed by atoms with E-state index in [0.717, 1.165) is 96.3 Å². The van der Waals surface area contributed by atoms with Gasteiger partial charge in [0.2, 0.25) is 0 Å². The zero-order valence-corrected chi connectivity index (χ0v) is 62.2. The standard InChI is InChI=1S/C12H24O3.C11H22O3.C10H20O3.C9H18O3.C8H16O3.C7H14O3.C6H12O3.C5H10O3.C4H8O3/c1-2-3-4-5-6-7-8-9-11(13)10-12(14)15;1-2-3-4-5-6-7-8-10(12)9-11(13)14;1-2-3-4-5-6-7-9(11)8-10(12)13;1-2-3-4-5-6-8(10)7-9(11)12;1-2-3-4-5-7(9)6-8(10)11;1-2-3-4-6(8)5-7(9)10;1-2-3-5(7)4-6(8)9;1-2-4(6)3-5(7)8;1-3(5)2-4(6)7/h11,13H,2-10H2,1H3,(H,14,15);10,12H,2-9H2,1H3,(H,13,14);9,11H,2-8H2,1H3,(H,12,13);8,10H,2-7H2,1H3,(H,11,12);7,9H,2-6H2,1H3,(H,10,11);6,8H,2-5H2,1H3,(H,9,10);5,7H,2-4H2,1H3,(H,8,9);4,6H,2-3H2,1H3,(H,7,8);3,5H,2H2,1H3,(H,6,7). The number of aliphatic hydroxyl groups excluding tert-OH is 9. The molecule has 0 aliphatic rings. The van der Waals surface area contributed by atoms with Crippen molar-refractivity contribution in [2.45, 2.75) is 406 Å². The number of rotatable bonds is 54. The number of carboxylic acids is 9. The van der Waals surface area contributed by atoms with Gasteiger partial charge in [-0.1, -0.05) is 235 Å². The molecule has 0 aliphatic heterocycles. The van der Waals surface area contributed by atoms with Crippen LogP contribution >= 0.6 is 0 Å². The third-order valence-electron chi connectivity index (χ3n) is 13.9. The van der Waals surface area contributed by atoms with Crippen LogP contribution in [0.15, 0.2) is 0 Å². The summed E-state index contributed by atoms with van der Waals surface area (Å²) in [5.74, 6) is -8.35. The molecule has 0 amide bonds. The minimum atomic E-state index is -0.963. The first-order valence-electron chi connectivity index (χ1n) is 36.5. The molecule has 0 aromatic rings. The summed E-state index contributed by atoms with van der Waals surface area (Å²) in [5.41, 5.74) is 0. The van der Waals surface area contributed by atoms with Crippen molar-refractivity contribution in [2.75, 3.05) is 0 Å². The summed E-state index contributed by atoms with van der Waals surface area (Å²) in [6.45, 7) is 17.8. The fourth-order valence-electron chi connectivity index (χ4n) is 8.41. The lowest BCUT2D eigenvalue weighted by atomic mass is 10.1. The van der Waals surface area contributed by atoms with Crippen molar-refractivity contribution in [2.24, 2.45) is 0 Å². The first-order chi connectivity index (χ1) is 46.4. The summed E-state index contributed by atoms with van der Waals surface area (Å²) in [7, 11) is 0. The molecule has 0 fully saturated rings. The van der Waals surface area contributed by atoms with E-state index in [0.29, 0.717) is 51.4 Å². The predicted molar refractivity (Wildman–Crippen MR) is 382 cm³/mol. The molecular formula is C72H144O27. The number of unbranched alkanes of at least 4 members (excludes halogenated alkanes) is 21. The van der Waals surface area contributed by atoms with E-state index in [1.165, 1.54) is 90.4 Å². The summed E-state index contributed by atoms with van der Waals surface area (Å²) in [5, 5.41) is 155. The average Bonchev–Trinajstić information content (AvgIpc) is 3.54. The molecule has 0 rings (SSSR count).